The number of aromatic nitrogens is 2. The van der Waals surface area contributed by atoms with Crippen molar-refractivity contribution in [3.05, 3.63) is 52.5 Å². The van der Waals surface area contributed by atoms with Crippen LogP contribution in [0.5, 0.6) is 0 Å². The number of nitrogens with one attached hydrogen (secondary N) is 2. The number of hydrogen-bond acceptors (Lipinski definition) is 3. The van der Waals surface area contributed by atoms with Gasteiger partial charge in [-0.3, -0.25) is 0 Å². The van der Waals surface area contributed by atoms with E-state index in [0.29, 0.717) is 21.1 Å². The largest absolute Gasteiger partial charge is 0.323 e. The summed E-state index contributed by atoms with van der Waals surface area (Å²) in [5.74, 6) is 0.104. The summed E-state index contributed by atoms with van der Waals surface area (Å²) in [6, 6.07) is 11.2. The van der Waals surface area contributed by atoms with Gasteiger partial charge in [-0.15, -0.1) is 0 Å². The van der Waals surface area contributed by atoms with Gasteiger partial charge in [-0.05, 0) is 24.3 Å². The summed E-state index contributed by atoms with van der Waals surface area (Å²) < 4.78 is 26.8. The minimum absolute atomic E-state index is 0.104. The molecule has 0 unspecified atom stereocenters. The van der Waals surface area contributed by atoms with Crippen LogP contribution < -0.4 is 4.72 Å². The first-order chi connectivity index (χ1) is 9.95. The van der Waals surface area contributed by atoms with Crippen molar-refractivity contribution in [1.29, 1.82) is 0 Å². The van der Waals surface area contributed by atoms with Gasteiger partial charge in [0, 0.05) is 0 Å². The van der Waals surface area contributed by atoms with Gasteiger partial charge in [0.15, 0.2) is 0 Å². The van der Waals surface area contributed by atoms with E-state index >= 15 is 0 Å². The molecule has 3 aromatic rings. The Morgan fingerprint density at radius 1 is 1.05 bits per heavy atom. The maximum Gasteiger partial charge on any atom is 0.264 e. The lowest BCUT2D eigenvalue weighted by atomic mass is 10.3. The fraction of sp³-hybridized carbons (Fsp3) is 0. The quantitative estimate of drug-likeness (QED) is 0.763. The highest BCUT2D eigenvalue weighted by Gasteiger charge is 2.16. The van der Waals surface area contributed by atoms with Crippen LogP contribution in [0.2, 0.25) is 10.0 Å². The van der Waals surface area contributed by atoms with Crippen molar-refractivity contribution in [2.75, 3.05) is 4.72 Å². The molecule has 2 aromatic carbocycles. The number of aromatic amines is 1. The predicted octanol–water partition coefficient (Wildman–Crippen LogP) is 3.67. The lowest BCUT2D eigenvalue weighted by Gasteiger charge is -2.04. The minimum atomic E-state index is -3.69. The van der Waals surface area contributed by atoms with Crippen LogP contribution in [-0.2, 0) is 10.0 Å². The Hall–Kier alpha value is -1.76. The molecule has 0 bridgehead atoms. The molecule has 0 amide bonds. The standard InChI is InChI=1S/C13H9Cl2N3O2S/c14-9-6-11-12(7-10(9)15)17-13(16-11)18-21(19,20)8-4-2-1-3-5-8/h1-7H,(H2,16,17,18). The summed E-state index contributed by atoms with van der Waals surface area (Å²) in [7, 11) is -3.69. The maximum atomic E-state index is 12.2. The Morgan fingerprint density at radius 3 is 2.43 bits per heavy atom. The van der Waals surface area contributed by atoms with Gasteiger partial charge in [-0.2, -0.15) is 0 Å². The number of hydrogen-bond donors (Lipinski definition) is 2. The van der Waals surface area contributed by atoms with Crippen molar-refractivity contribution in [1.82, 2.24) is 9.97 Å². The van der Waals surface area contributed by atoms with E-state index in [4.69, 9.17) is 23.2 Å². The molecule has 5 nitrogen and oxygen atoms in total. The van der Waals surface area contributed by atoms with Crippen LogP contribution >= 0.6 is 23.2 Å². The van der Waals surface area contributed by atoms with Gasteiger partial charge >= 0.3 is 0 Å². The smallest absolute Gasteiger partial charge is 0.264 e. The molecule has 8 heteroatoms. The highest BCUT2D eigenvalue weighted by molar-refractivity contribution is 7.92. The zero-order chi connectivity index (χ0) is 15.0. The number of imidazole rings is 1. The van der Waals surface area contributed by atoms with Crippen molar-refractivity contribution in [3.63, 3.8) is 0 Å². The Kier molecular flexibility index (Phi) is 3.52. The number of benzene rings is 2. The normalized spacial score (nSPS) is 11.7. The van der Waals surface area contributed by atoms with Gasteiger partial charge in [0.2, 0.25) is 5.95 Å². The third-order valence-electron chi connectivity index (χ3n) is 2.81. The fourth-order valence-electron chi connectivity index (χ4n) is 1.84. The molecule has 3 rings (SSSR count). The number of sulfonamides is 1. The summed E-state index contributed by atoms with van der Waals surface area (Å²) in [5, 5.41) is 0.721. The summed E-state index contributed by atoms with van der Waals surface area (Å²) in [6.45, 7) is 0. The molecule has 0 aliphatic heterocycles. The third kappa shape index (κ3) is 2.83. The first-order valence-electron chi connectivity index (χ1n) is 5.88. The summed E-state index contributed by atoms with van der Waals surface area (Å²) >= 11 is 11.8. The SMILES string of the molecule is O=S(=O)(Nc1nc2cc(Cl)c(Cl)cc2[nH]1)c1ccccc1. The molecule has 0 radical (unpaired) electrons. The van der Waals surface area contributed by atoms with Gasteiger partial charge in [-0.1, -0.05) is 41.4 Å². The molecule has 0 aliphatic rings. The Bertz CT molecular complexity index is 869. The van der Waals surface area contributed by atoms with Gasteiger partial charge < -0.3 is 4.98 Å². The van der Waals surface area contributed by atoms with Crippen LogP contribution in [-0.4, -0.2) is 18.4 Å². The molecule has 0 saturated heterocycles. The molecular weight excluding hydrogens is 333 g/mol. The number of H-pyrrole nitrogens is 1. The summed E-state index contributed by atoms with van der Waals surface area (Å²) in [4.78, 5) is 7.14. The Balaban J connectivity index is 1.99. The average molecular weight is 342 g/mol. The number of fused-ring (bicyclic) bond motifs is 1. The Morgan fingerprint density at radius 2 is 1.71 bits per heavy atom. The van der Waals surface area contributed by atoms with Crippen molar-refractivity contribution in [2.24, 2.45) is 0 Å². The highest BCUT2D eigenvalue weighted by atomic mass is 35.5. The second kappa shape index (κ2) is 5.22. The van der Waals surface area contributed by atoms with Crippen molar-refractivity contribution >= 4 is 50.2 Å². The first kappa shape index (κ1) is 14.2. The van der Waals surface area contributed by atoms with Crippen LogP contribution in [0.3, 0.4) is 0 Å². The van der Waals surface area contributed by atoms with Crippen LogP contribution in [0, 0.1) is 0 Å². The van der Waals surface area contributed by atoms with Crippen molar-refractivity contribution < 1.29 is 8.42 Å². The molecule has 1 heterocycles. The molecule has 0 fully saturated rings. The number of anilines is 1. The first-order valence-corrected chi connectivity index (χ1v) is 8.12. The Labute approximate surface area is 131 Å². The zero-order valence-electron chi connectivity index (χ0n) is 10.5. The van der Waals surface area contributed by atoms with Gasteiger partial charge in [-0.25, -0.2) is 18.1 Å². The molecule has 2 N–H and O–H groups in total. The van der Waals surface area contributed by atoms with Gasteiger partial charge in [0.1, 0.15) is 0 Å². The molecular formula is C13H9Cl2N3O2S. The van der Waals surface area contributed by atoms with E-state index in [9.17, 15) is 8.42 Å². The van der Waals surface area contributed by atoms with E-state index in [1.807, 2.05) is 0 Å². The van der Waals surface area contributed by atoms with E-state index < -0.39 is 10.0 Å². The van der Waals surface area contributed by atoms with Gasteiger partial charge in [0.25, 0.3) is 10.0 Å². The maximum absolute atomic E-state index is 12.2. The highest BCUT2D eigenvalue weighted by Crippen LogP contribution is 2.27. The summed E-state index contributed by atoms with van der Waals surface area (Å²) in [6.07, 6.45) is 0. The second-order valence-corrected chi connectivity index (χ2v) is 6.78. The lowest BCUT2D eigenvalue weighted by Crippen LogP contribution is -2.13. The summed E-state index contributed by atoms with van der Waals surface area (Å²) in [5.41, 5.74) is 1.12. The lowest BCUT2D eigenvalue weighted by molar-refractivity contribution is 0.601. The number of halogens is 2. The second-order valence-electron chi connectivity index (χ2n) is 4.29. The monoisotopic (exact) mass is 341 g/mol. The molecule has 0 saturated carbocycles. The third-order valence-corrected chi connectivity index (χ3v) is 4.89. The van der Waals surface area contributed by atoms with Crippen LogP contribution in [0.1, 0.15) is 0 Å². The number of nitrogens with zero attached hydrogens (tertiary/aromatic N) is 1. The topological polar surface area (TPSA) is 74.8 Å². The van der Waals surface area contributed by atoms with Crippen LogP contribution in [0.4, 0.5) is 5.95 Å². The number of rotatable bonds is 3. The van der Waals surface area contributed by atoms with E-state index in [1.165, 1.54) is 12.1 Å². The van der Waals surface area contributed by atoms with Gasteiger partial charge in [0.05, 0.1) is 26.0 Å². The molecule has 0 spiro atoms. The molecule has 0 atom stereocenters. The van der Waals surface area contributed by atoms with E-state index in [2.05, 4.69) is 14.7 Å². The average Bonchev–Trinajstić information content (AvgIpc) is 2.81. The van der Waals surface area contributed by atoms with E-state index in [-0.39, 0.29) is 10.8 Å². The van der Waals surface area contributed by atoms with E-state index in [1.54, 1.807) is 30.3 Å². The molecule has 21 heavy (non-hydrogen) atoms. The molecule has 108 valence electrons. The molecule has 1 aromatic heterocycles. The van der Waals surface area contributed by atoms with E-state index in [0.717, 1.165) is 0 Å². The predicted molar refractivity (Wildman–Crippen MR) is 83.4 cm³/mol. The zero-order valence-corrected chi connectivity index (χ0v) is 12.8. The van der Waals surface area contributed by atoms with Crippen LogP contribution in [0.15, 0.2) is 47.4 Å². The van der Waals surface area contributed by atoms with Crippen molar-refractivity contribution in [3.8, 4) is 0 Å². The van der Waals surface area contributed by atoms with Crippen molar-refractivity contribution in [2.45, 2.75) is 4.90 Å². The molecule has 0 aliphatic carbocycles. The fourth-order valence-corrected chi connectivity index (χ4v) is 3.15. The minimum Gasteiger partial charge on any atom is -0.323 e. The van der Waals surface area contributed by atoms with Crippen LogP contribution in [0.25, 0.3) is 11.0 Å².